The number of halogens is 1. The number of nitrogens with one attached hydrogen (secondary N) is 2. The van der Waals surface area contributed by atoms with Gasteiger partial charge < -0.3 is 24.7 Å². The minimum Gasteiger partial charge on any atom is -0.493 e. The molecule has 32 heavy (non-hydrogen) atoms. The number of aromatic nitrogens is 3. The van der Waals surface area contributed by atoms with Crippen LogP contribution in [-0.4, -0.2) is 72.6 Å². The third-order valence-electron chi connectivity index (χ3n) is 5.48. The normalized spacial score (nSPS) is 13.8. The number of nitrogens with zero attached hydrogens (tertiary/aromatic N) is 5. The summed E-state index contributed by atoms with van der Waals surface area (Å²) in [6.45, 7) is 10.2. The van der Waals surface area contributed by atoms with Crippen molar-refractivity contribution in [3.05, 3.63) is 35.4 Å². The van der Waals surface area contributed by atoms with Crippen molar-refractivity contribution in [3.63, 3.8) is 0 Å². The molecule has 2 N–H and O–H groups in total. The highest BCUT2D eigenvalue weighted by molar-refractivity contribution is 14.0. The van der Waals surface area contributed by atoms with Crippen molar-refractivity contribution >= 4 is 29.9 Å². The quantitative estimate of drug-likeness (QED) is 0.263. The van der Waals surface area contributed by atoms with Gasteiger partial charge in [0.15, 0.2) is 17.5 Å². The Morgan fingerprint density at radius 2 is 1.84 bits per heavy atom. The lowest BCUT2D eigenvalue weighted by Gasteiger charge is -2.29. The lowest BCUT2D eigenvalue weighted by Crippen LogP contribution is -2.40. The van der Waals surface area contributed by atoms with Crippen LogP contribution in [0.5, 0.6) is 11.5 Å². The monoisotopic (exact) mass is 557 g/mol. The fourth-order valence-electron chi connectivity index (χ4n) is 3.81. The van der Waals surface area contributed by atoms with Gasteiger partial charge >= 0.3 is 0 Å². The van der Waals surface area contributed by atoms with Crippen molar-refractivity contribution in [2.75, 3.05) is 46.9 Å². The molecule has 0 radical (unpaired) electrons. The summed E-state index contributed by atoms with van der Waals surface area (Å²) in [7, 11) is 3.36. The molecule has 0 spiro atoms. The molecular formula is C22H36IN7O2. The molecule has 2 aromatic rings. The first-order valence-electron chi connectivity index (χ1n) is 11.0. The number of rotatable bonds is 10. The zero-order valence-electron chi connectivity index (χ0n) is 19.6. The van der Waals surface area contributed by atoms with E-state index in [-0.39, 0.29) is 24.0 Å². The summed E-state index contributed by atoms with van der Waals surface area (Å²) in [6.07, 6.45) is 3.67. The topological polar surface area (TPSA) is 88.8 Å². The van der Waals surface area contributed by atoms with E-state index in [1.165, 1.54) is 11.1 Å². The van der Waals surface area contributed by atoms with Gasteiger partial charge in [0, 0.05) is 45.7 Å². The van der Waals surface area contributed by atoms with Gasteiger partial charge in [-0.1, -0.05) is 6.92 Å². The molecule has 1 aromatic heterocycles. The maximum absolute atomic E-state index is 5.46. The van der Waals surface area contributed by atoms with E-state index in [0.29, 0.717) is 0 Å². The average Bonchev–Trinajstić information content (AvgIpc) is 3.25. The first-order valence-corrected chi connectivity index (χ1v) is 11.0. The minimum absolute atomic E-state index is 0. The molecular weight excluding hydrogens is 521 g/mol. The predicted molar refractivity (Wildman–Crippen MR) is 137 cm³/mol. The van der Waals surface area contributed by atoms with Crippen LogP contribution in [0.25, 0.3) is 0 Å². The Bertz CT molecular complexity index is 872. The van der Waals surface area contributed by atoms with Crippen molar-refractivity contribution < 1.29 is 9.47 Å². The molecule has 0 saturated heterocycles. The summed E-state index contributed by atoms with van der Waals surface area (Å²) in [4.78, 5) is 7.19. The zero-order chi connectivity index (χ0) is 22.1. The Kier molecular flexibility index (Phi) is 11.0. The Labute approximate surface area is 208 Å². The Morgan fingerprint density at radius 3 is 2.53 bits per heavy atom. The number of ether oxygens (including phenoxy) is 2. The smallest absolute Gasteiger partial charge is 0.191 e. The molecule has 0 unspecified atom stereocenters. The SMILES string of the molecule is CCNC(=NCCN1CCc2cc(OC)c(OC)cc2C1)NCCn1cnnc1CC.I. The van der Waals surface area contributed by atoms with Crippen molar-refractivity contribution in [2.45, 2.75) is 39.8 Å². The number of aryl methyl sites for hydroxylation is 1. The second-order valence-electron chi connectivity index (χ2n) is 7.48. The van der Waals surface area contributed by atoms with Crippen LogP contribution in [-0.2, 0) is 25.9 Å². The van der Waals surface area contributed by atoms with Crippen LogP contribution in [0.15, 0.2) is 23.5 Å². The number of hydrogen-bond acceptors (Lipinski definition) is 6. The van der Waals surface area contributed by atoms with E-state index in [1.54, 1.807) is 20.5 Å². The molecule has 9 nitrogen and oxygen atoms in total. The second kappa shape index (κ2) is 13.5. The van der Waals surface area contributed by atoms with Gasteiger partial charge in [-0.05, 0) is 36.6 Å². The molecule has 10 heteroatoms. The second-order valence-corrected chi connectivity index (χ2v) is 7.48. The van der Waals surface area contributed by atoms with E-state index in [2.05, 4.69) is 56.3 Å². The average molecular weight is 557 g/mol. The first kappa shape index (κ1) is 26.2. The van der Waals surface area contributed by atoms with Crippen LogP contribution in [0, 0.1) is 0 Å². The summed E-state index contributed by atoms with van der Waals surface area (Å²) in [5.41, 5.74) is 2.64. The van der Waals surface area contributed by atoms with E-state index in [1.807, 2.05) is 0 Å². The Hall–Kier alpha value is -2.08. The van der Waals surface area contributed by atoms with Gasteiger partial charge in [0.2, 0.25) is 0 Å². The van der Waals surface area contributed by atoms with E-state index < -0.39 is 0 Å². The summed E-state index contributed by atoms with van der Waals surface area (Å²) in [5, 5.41) is 14.8. The predicted octanol–water partition coefficient (Wildman–Crippen LogP) is 2.09. The third-order valence-corrected chi connectivity index (χ3v) is 5.48. The standard InChI is InChI=1S/C22H35N7O2.HI/c1-5-21-27-26-16-29(21)12-9-25-22(23-6-2)24-8-11-28-10-7-17-13-19(30-3)20(31-4)14-18(17)15-28;/h13-14,16H,5-12,15H2,1-4H3,(H2,23,24,25);1H. The van der Waals surface area contributed by atoms with Gasteiger partial charge in [0.1, 0.15) is 12.2 Å². The van der Waals surface area contributed by atoms with Crippen LogP contribution < -0.4 is 20.1 Å². The number of methoxy groups -OCH3 is 2. The summed E-state index contributed by atoms with van der Waals surface area (Å²) in [6, 6.07) is 4.21. The minimum atomic E-state index is 0. The third kappa shape index (κ3) is 6.96. The highest BCUT2D eigenvalue weighted by Crippen LogP contribution is 2.33. The molecule has 0 fully saturated rings. The zero-order valence-corrected chi connectivity index (χ0v) is 21.9. The summed E-state index contributed by atoms with van der Waals surface area (Å²) < 4.78 is 13.0. The lowest BCUT2D eigenvalue weighted by atomic mass is 9.99. The number of benzene rings is 1. The molecule has 0 amide bonds. The number of hydrogen-bond donors (Lipinski definition) is 2. The molecule has 3 rings (SSSR count). The van der Waals surface area contributed by atoms with E-state index in [0.717, 1.165) is 81.9 Å². The molecule has 0 atom stereocenters. The van der Waals surface area contributed by atoms with E-state index >= 15 is 0 Å². The van der Waals surface area contributed by atoms with Crippen molar-refractivity contribution in [1.82, 2.24) is 30.3 Å². The maximum atomic E-state index is 5.46. The van der Waals surface area contributed by atoms with Gasteiger partial charge in [0.05, 0.1) is 20.8 Å². The largest absolute Gasteiger partial charge is 0.493 e. The first-order chi connectivity index (χ1) is 15.2. The highest BCUT2D eigenvalue weighted by atomic mass is 127. The van der Waals surface area contributed by atoms with Gasteiger partial charge in [-0.25, -0.2) is 0 Å². The molecule has 178 valence electrons. The number of guanidine groups is 1. The van der Waals surface area contributed by atoms with Gasteiger partial charge in [-0.2, -0.15) is 0 Å². The fourth-order valence-corrected chi connectivity index (χ4v) is 3.81. The summed E-state index contributed by atoms with van der Waals surface area (Å²) in [5.74, 6) is 3.44. The molecule has 0 bridgehead atoms. The van der Waals surface area contributed by atoms with Crippen LogP contribution >= 0.6 is 24.0 Å². The van der Waals surface area contributed by atoms with Gasteiger partial charge in [-0.3, -0.25) is 9.89 Å². The van der Waals surface area contributed by atoms with Crippen LogP contribution in [0.4, 0.5) is 0 Å². The molecule has 1 aliphatic heterocycles. The molecule has 2 heterocycles. The van der Waals surface area contributed by atoms with Crippen LogP contribution in [0.1, 0.15) is 30.8 Å². The maximum Gasteiger partial charge on any atom is 0.191 e. The fraction of sp³-hybridized carbons (Fsp3) is 0.591. The van der Waals surface area contributed by atoms with Crippen molar-refractivity contribution in [3.8, 4) is 11.5 Å². The lowest BCUT2D eigenvalue weighted by molar-refractivity contribution is 0.260. The Balaban J connectivity index is 0.00000363. The van der Waals surface area contributed by atoms with Gasteiger partial charge in [-0.15, -0.1) is 34.2 Å². The Morgan fingerprint density at radius 1 is 1.09 bits per heavy atom. The molecule has 1 aliphatic rings. The number of aliphatic imine (C=N–C) groups is 1. The summed E-state index contributed by atoms with van der Waals surface area (Å²) >= 11 is 0. The van der Waals surface area contributed by atoms with Crippen molar-refractivity contribution in [2.24, 2.45) is 4.99 Å². The number of fused-ring (bicyclic) bond motifs is 1. The molecule has 0 saturated carbocycles. The van der Waals surface area contributed by atoms with E-state index in [9.17, 15) is 0 Å². The van der Waals surface area contributed by atoms with Gasteiger partial charge in [0.25, 0.3) is 0 Å². The highest BCUT2D eigenvalue weighted by Gasteiger charge is 2.19. The van der Waals surface area contributed by atoms with Crippen molar-refractivity contribution in [1.29, 1.82) is 0 Å². The molecule has 1 aromatic carbocycles. The van der Waals surface area contributed by atoms with Crippen LogP contribution in [0.3, 0.4) is 0 Å². The van der Waals surface area contributed by atoms with Crippen LogP contribution in [0.2, 0.25) is 0 Å². The molecule has 0 aliphatic carbocycles. The van der Waals surface area contributed by atoms with E-state index in [4.69, 9.17) is 14.5 Å².